The molecule has 15 heavy (non-hydrogen) atoms. The van der Waals surface area contributed by atoms with Crippen molar-refractivity contribution in [2.45, 2.75) is 25.0 Å². The average Bonchev–Trinajstić information content (AvgIpc) is 2.56. The molecule has 0 aliphatic heterocycles. The van der Waals surface area contributed by atoms with Crippen molar-refractivity contribution in [1.82, 2.24) is 14.8 Å². The van der Waals surface area contributed by atoms with E-state index >= 15 is 0 Å². The predicted octanol–water partition coefficient (Wildman–Crippen LogP) is 1.73. The van der Waals surface area contributed by atoms with Crippen LogP contribution in [0.5, 0.6) is 0 Å². The van der Waals surface area contributed by atoms with Crippen LogP contribution in [0.3, 0.4) is 0 Å². The molecule has 0 unspecified atom stereocenters. The van der Waals surface area contributed by atoms with E-state index < -0.39 is 0 Å². The summed E-state index contributed by atoms with van der Waals surface area (Å²) >= 11 is 5.63. The Morgan fingerprint density at radius 2 is 2.40 bits per heavy atom. The molecular weight excluding hydrogens is 230 g/mol. The zero-order valence-electron chi connectivity index (χ0n) is 8.86. The van der Waals surface area contributed by atoms with Crippen LogP contribution in [0.25, 0.3) is 0 Å². The molecule has 0 aromatic carbocycles. The lowest BCUT2D eigenvalue weighted by molar-refractivity contribution is 0.534. The summed E-state index contributed by atoms with van der Waals surface area (Å²) < 4.78 is 1.64. The number of rotatable bonds is 5. The quantitative estimate of drug-likeness (QED) is 0.472. The SMILES string of the molecule is C=C(CS)CSc1n[nH]c(=O)n1C(C)C. The van der Waals surface area contributed by atoms with Crippen LogP contribution in [0.15, 0.2) is 22.1 Å². The van der Waals surface area contributed by atoms with Gasteiger partial charge in [-0.2, -0.15) is 12.6 Å². The van der Waals surface area contributed by atoms with Gasteiger partial charge in [0.2, 0.25) is 0 Å². The first-order valence-corrected chi connectivity index (χ1v) is 6.25. The fourth-order valence-electron chi connectivity index (χ4n) is 1.06. The number of thiol groups is 1. The molecule has 1 heterocycles. The number of aromatic amines is 1. The van der Waals surface area contributed by atoms with Crippen molar-refractivity contribution in [3.05, 3.63) is 22.6 Å². The van der Waals surface area contributed by atoms with E-state index in [1.54, 1.807) is 4.57 Å². The molecule has 84 valence electrons. The summed E-state index contributed by atoms with van der Waals surface area (Å²) in [6.45, 7) is 7.75. The Bertz CT molecular complexity index is 394. The molecule has 0 aliphatic carbocycles. The Balaban J connectivity index is 2.77. The smallest absolute Gasteiger partial charge is 0.268 e. The molecule has 0 fully saturated rings. The summed E-state index contributed by atoms with van der Waals surface area (Å²) in [5.74, 6) is 1.39. The number of thioether (sulfide) groups is 1. The lowest BCUT2D eigenvalue weighted by Crippen LogP contribution is -2.19. The summed E-state index contributed by atoms with van der Waals surface area (Å²) in [4.78, 5) is 11.4. The van der Waals surface area contributed by atoms with E-state index in [4.69, 9.17) is 0 Å². The average molecular weight is 245 g/mol. The maximum Gasteiger partial charge on any atom is 0.344 e. The van der Waals surface area contributed by atoms with Gasteiger partial charge in [-0.1, -0.05) is 23.9 Å². The molecule has 0 bridgehead atoms. The second kappa shape index (κ2) is 5.46. The zero-order chi connectivity index (χ0) is 11.4. The van der Waals surface area contributed by atoms with E-state index in [-0.39, 0.29) is 11.7 Å². The topological polar surface area (TPSA) is 50.7 Å². The molecule has 6 heteroatoms. The number of nitrogens with one attached hydrogen (secondary N) is 1. The molecule has 1 aromatic rings. The second-order valence-electron chi connectivity index (χ2n) is 3.47. The third-order valence-electron chi connectivity index (χ3n) is 1.82. The highest BCUT2D eigenvalue weighted by Crippen LogP contribution is 2.19. The molecule has 0 atom stereocenters. The Hall–Kier alpha value is -0.620. The lowest BCUT2D eigenvalue weighted by Gasteiger charge is -2.08. The van der Waals surface area contributed by atoms with Crippen LogP contribution in [0, 0.1) is 0 Å². The van der Waals surface area contributed by atoms with Crippen LogP contribution in [-0.2, 0) is 0 Å². The molecule has 4 nitrogen and oxygen atoms in total. The van der Waals surface area contributed by atoms with Gasteiger partial charge in [0.15, 0.2) is 5.16 Å². The molecule has 1 N–H and O–H groups in total. The van der Waals surface area contributed by atoms with Crippen LogP contribution in [0.4, 0.5) is 0 Å². The minimum Gasteiger partial charge on any atom is -0.268 e. The third-order valence-corrected chi connectivity index (χ3v) is 3.36. The molecule has 0 spiro atoms. The van der Waals surface area contributed by atoms with Gasteiger partial charge in [0.25, 0.3) is 0 Å². The standard InChI is InChI=1S/C9H15N3OS2/c1-6(2)12-8(13)10-11-9(12)15-5-7(3)4-14/h6,14H,3-5H2,1-2H3,(H,10,13). The van der Waals surface area contributed by atoms with Crippen molar-refractivity contribution in [3.8, 4) is 0 Å². The molecule has 1 rings (SSSR count). The Labute approximate surface area is 98.6 Å². The maximum atomic E-state index is 11.4. The maximum absolute atomic E-state index is 11.4. The van der Waals surface area contributed by atoms with E-state index in [1.165, 1.54) is 11.8 Å². The third kappa shape index (κ3) is 3.17. The van der Waals surface area contributed by atoms with Crippen LogP contribution >= 0.6 is 24.4 Å². The largest absolute Gasteiger partial charge is 0.344 e. The fraction of sp³-hybridized carbons (Fsp3) is 0.556. The van der Waals surface area contributed by atoms with Gasteiger partial charge < -0.3 is 0 Å². The first kappa shape index (κ1) is 12.4. The van der Waals surface area contributed by atoms with Gasteiger partial charge in [-0.25, -0.2) is 9.89 Å². The number of hydrogen-bond acceptors (Lipinski definition) is 4. The van der Waals surface area contributed by atoms with Gasteiger partial charge in [-0.15, -0.1) is 5.10 Å². The van der Waals surface area contributed by atoms with Gasteiger partial charge >= 0.3 is 5.69 Å². The summed E-state index contributed by atoms with van der Waals surface area (Å²) in [5.41, 5.74) is 0.859. The van der Waals surface area contributed by atoms with Crippen LogP contribution in [0.2, 0.25) is 0 Å². The summed E-state index contributed by atoms with van der Waals surface area (Å²) in [5, 5.41) is 7.12. The fourth-order valence-corrected chi connectivity index (χ4v) is 2.30. The van der Waals surface area contributed by atoms with E-state index in [0.717, 1.165) is 11.3 Å². The van der Waals surface area contributed by atoms with Crippen molar-refractivity contribution in [2.24, 2.45) is 0 Å². The lowest BCUT2D eigenvalue weighted by atomic mass is 10.4. The van der Waals surface area contributed by atoms with Crippen LogP contribution in [0.1, 0.15) is 19.9 Å². The Kier molecular flexibility index (Phi) is 4.53. The van der Waals surface area contributed by atoms with Gasteiger partial charge in [0.05, 0.1) is 0 Å². The van der Waals surface area contributed by atoms with Crippen molar-refractivity contribution in [2.75, 3.05) is 11.5 Å². The predicted molar refractivity (Wildman–Crippen MR) is 66.9 cm³/mol. The van der Waals surface area contributed by atoms with E-state index in [9.17, 15) is 4.79 Å². The normalized spacial score (nSPS) is 10.9. The number of hydrogen-bond donors (Lipinski definition) is 2. The second-order valence-corrected chi connectivity index (χ2v) is 4.73. The van der Waals surface area contributed by atoms with E-state index in [1.807, 2.05) is 13.8 Å². The van der Waals surface area contributed by atoms with Crippen molar-refractivity contribution in [3.63, 3.8) is 0 Å². The monoisotopic (exact) mass is 245 g/mol. The summed E-state index contributed by atoms with van der Waals surface area (Å²) in [6.07, 6.45) is 0. The van der Waals surface area contributed by atoms with Crippen molar-refractivity contribution >= 4 is 24.4 Å². The van der Waals surface area contributed by atoms with Gasteiger partial charge in [-0.3, -0.25) is 4.57 Å². The molecule has 0 saturated heterocycles. The summed E-state index contributed by atoms with van der Waals surface area (Å²) in [6, 6.07) is 0.114. The van der Waals surface area contributed by atoms with Gasteiger partial charge in [-0.05, 0) is 13.8 Å². The molecule has 0 amide bonds. The van der Waals surface area contributed by atoms with Crippen LogP contribution < -0.4 is 5.69 Å². The number of aromatic nitrogens is 3. The first-order chi connectivity index (χ1) is 7.06. The number of nitrogens with zero attached hydrogens (tertiary/aromatic N) is 2. The summed E-state index contributed by atoms with van der Waals surface area (Å²) in [7, 11) is 0. The first-order valence-electron chi connectivity index (χ1n) is 4.63. The minimum absolute atomic E-state index is 0.114. The van der Waals surface area contributed by atoms with E-state index in [0.29, 0.717) is 10.9 Å². The highest BCUT2D eigenvalue weighted by Gasteiger charge is 2.11. The van der Waals surface area contributed by atoms with Crippen LogP contribution in [-0.4, -0.2) is 26.3 Å². The Morgan fingerprint density at radius 3 is 2.93 bits per heavy atom. The van der Waals surface area contributed by atoms with Crippen molar-refractivity contribution < 1.29 is 0 Å². The molecule has 0 radical (unpaired) electrons. The van der Waals surface area contributed by atoms with Crippen molar-refractivity contribution in [1.29, 1.82) is 0 Å². The number of H-pyrrole nitrogens is 1. The zero-order valence-corrected chi connectivity index (χ0v) is 10.6. The molecular formula is C9H15N3OS2. The molecule has 0 aliphatic rings. The highest BCUT2D eigenvalue weighted by molar-refractivity contribution is 7.99. The minimum atomic E-state index is -0.163. The molecule has 0 saturated carbocycles. The van der Waals surface area contributed by atoms with E-state index in [2.05, 4.69) is 29.4 Å². The highest BCUT2D eigenvalue weighted by atomic mass is 32.2. The van der Waals surface area contributed by atoms with Gasteiger partial charge in [0.1, 0.15) is 0 Å². The van der Waals surface area contributed by atoms with Gasteiger partial charge in [0, 0.05) is 17.5 Å². The Morgan fingerprint density at radius 1 is 1.73 bits per heavy atom. The molecule has 1 aromatic heterocycles.